The van der Waals surface area contributed by atoms with Gasteiger partial charge in [0.25, 0.3) is 5.91 Å². The molecule has 5 aromatic rings. The van der Waals surface area contributed by atoms with Gasteiger partial charge in [0, 0.05) is 32.5 Å². The molecule has 1 aromatic heterocycles. The molecule has 5 rings (SSSR count). The minimum absolute atomic E-state index is 0.162. The van der Waals surface area contributed by atoms with E-state index < -0.39 is 17.7 Å². The molecule has 0 aliphatic rings. The number of rotatable bonds is 7. The molecule has 9 nitrogen and oxygen atoms in total. The molecule has 0 aliphatic heterocycles. The molecule has 3 amide bonds. The maximum atomic E-state index is 12.8. The molecule has 3 N–H and O–H groups in total. The molecule has 0 fully saturated rings. The molecule has 11 heteroatoms. The third-order valence-electron chi connectivity index (χ3n) is 5.98. The van der Waals surface area contributed by atoms with Crippen molar-refractivity contribution < 1.29 is 14.4 Å². The lowest BCUT2D eigenvalue weighted by Gasteiger charge is -2.11. The van der Waals surface area contributed by atoms with Gasteiger partial charge >= 0.3 is 11.8 Å². The summed E-state index contributed by atoms with van der Waals surface area (Å²) in [6.45, 7) is 0. The second kappa shape index (κ2) is 13.1. The first-order chi connectivity index (χ1) is 20.4. The Kier molecular flexibility index (Phi) is 8.86. The van der Waals surface area contributed by atoms with Gasteiger partial charge < -0.3 is 10.6 Å². The number of benzene rings is 4. The van der Waals surface area contributed by atoms with E-state index in [1.54, 1.807) is 47.3 Å². The molecule has 0 spiro atoms. The second-order valence-electron chi connectivity index (χ2n) is 8.88. The van der Waals surface area contributed by atoms with Crippen LogP contribution in [-0.4, -0.2) is 33.7 Å². The van der Waals surface area contributed by atoms with Crippen molar-refractivity contribution in [3.8, 4) is 16.9 Å². The van der Waals surface area contributed by atoms with Crippen molar-refractivity contribution in [2.24, 2.45) is 5.10 Å². The number of amides is 3. The maximum absolute atomic E-state index is 12.8. The Bertz CT molecular complexity index is 1770. The second-order valence-corrected chi connectivity index (χ2v) is 10.2. The maximum Gasteiger partial charge on any atom is 0.329 e. The van der Waals surface area contributed by atoms with Crippen molar-refractivity contribution in [1.29, 1.82) is 0 Å². The van der Waals surface area contributed by atoms with E-state index in [2.05, 4.69) is 37.1 Å². The average molecular weight is 642 g/mol. The van der Waals surface area contributed by atoms with E-state index in [4.69, 9.17) is 16.7 Å². The van der Waals surface area contributed by atoms with Crippen molar-refractivity contribution in [3.63, 3.8) is 0 Å². The fraction of sp³-hybridized carbons (Fsp3) is 0. The molecule has 4 aromatic carbocycles. The Balaban J connectivity index is 1.29. The molecule has 0 radical (unpaired) electrons. The number of nitrogens with zero attached hydrogens (tertiary/aromatic N) is 3. The number of halogens is 2. The first-order valence-electron chi connectivity index (χ1n) is 12.6. The van der Waals surface area contributed by atoms with Crippen LogP contribution in [0.15, 0.2) is 119 Å². The largest absolute Gasteiger partial charge is 0.329 e. The van der Waals surface area contributed by atoms with Gasteiger partial charge in [0.15, 0.2) is 0 Å². The van der Waals surface area contributed by atoms with Crippen molar-refractivity contribution in [3.05, 3.63) is 130 Å². The standard InChI is InChI=1S/C31H22BrClN6O3/c32-22-12-10-20(11-13-22)28-21(19-39(38-28)25-6-2-1-3-7-25)18-34-37-31(42)30(41)36-27-9-5-4-8-26(27)29(40)35-24-16-14-23(33)15-17-24/h1-19H,(H,35,40)(H,36,41)(H,37,42)/b34-18-. The quantitative estimate of drug-likeness (QED) is 0.110. The normalized spacial score (nSPS) is 10.8. The molecule has 0 bridgehead atoms. The fourth-order valence-corrected chi connectivity index (χ4v) is 4.33. The zero-order valence-electron chi connectivity index (χ0n) is 21.8. The summed E-state index contributed by atoms with van der Waals surface area (Å²) in [5.41, 5.74) is 6.03. The molecule has 42 heavy (non-hydrogen) atoms. The molecular formula is C31H22BrClN6O3. The summed E-state index contributed by atoms with van der Waals surface area (Å²) >= 11 is 9.34. The number of aromatic nitrogens is 2. The van der Waals surface area contributed by atoms with Crippen LogP contribution >= 0.6 is 27.5 Å². The summed E-state index contributed by atoms with van der Waals surface area (Å²) in [6.07, 6.45) is 3.19. The molecule has 1 heterocycles. The van der Waals surface area contributed by atoms with Gasteiger partial charge in [0.2, 0.25) is 0 Å². The zero-order chi connectivity index (χ0) is 29.5. The third-order valence-corrected chi connectivity index (χ3v) is 6.76. The lowest BCUT2D eigenvalue weighted by atomic mass is 10.1. The van der Waals surface area contributed by atoms with E-state index in [9.17, 15) is 14.4 Å². The minimum Gasteiger partial charge on any atom is -0.322 e. The van der Waals surface area contributed by atoms with Gasteiger partial charge in [-0.15, -0.1) is 0 Å². The molecule has 0 unspecified atom stereocenters. The summed E-state index contributed by atoms with van der Waals surface area (Å²) < 4.78 is 2.63. The van der Waals surface area contributed by atoms with Crippen LogP contribution in [0.4, 0.5) is 11.4 Å². The Labute approximate surface area is 254 Å². The van der Waals surface area contributed by atoms with Gasteiger partial charge in [-0.25, -0.2) is 10.1 Å². The fourth-order valence-electron chi connectivity index (χ4n) is 3.94. The van der Waals surface area contributed by atoms with Crippen LogP contribution in [0.5, 0.6) is 0 Å². The van der Waals surface area contributed by atoms with Crippen molar-refractivity contribution in [1.82, 2.24) is 15.2 Å². The monoisotopic (exact) mass is 640 g/mol. The van der Waals surface area contributed by atoms with E-state index in [-0.39, 0.29) is 11.3 Å². The van der Waals surface area contributed by atoms with Crippen LogP contribution in [0, 0.1) is 0 Å². The van der Waals surface area contributed by atoms with Crippen molar-refractivity contribution in [2.75, 3.05) is 10.6 Å². The van der Waals surface area contributed by atoms with Gasteiger partial charge in [-0.05, 0) is 60.7 Å². The van der Waals surface area contributed by atoms with Crippen LogP contribution in [0.1, 0.15) is 15.9 Å². The highest BCUT2D eigenvalue weighted by Gasteiger charge is 2.18. The van der Waals surface area contributed by atoms with Crippen LogP contribution in [0.3, 0.4) is 0 Å². The number of hydrogen-bond donors (Lipinski definition) is 3. The first-order valence-corrected chi connectivity index (χ1v) is 13.8. The third kappa shape index (κ3) is 6.98. The molecule has 0 saturated heterocycles. The number of carbonyl (C=O) groups excluding carboxylic acids is 3. The molecule has 208 valence electrons. The number of carbonyl (C=O) groups is 3. The topological polar surface area (TPSA) is 117 Å². The summed E-state index contributed by atoms with van der Waals surface area (Å²) in [7, 11) is 0. The highest BCUT2D eigenvalue weighted by molar-refractivity contribution is 9.10. The van der Waals surface area contributed by atoms with E-state index in [1.165, 1.54) is 18.3 Å². The smallest absolute Gasteiger partial charge is 0.322 e. The van der Waals surface area contributed by atoms with Crippen LogP contribution in [-0.2, 0) is 9.59 Å². The van der Waals surface area contributed by atoms with Gasteiger partial charge in [-0.2, -0.15) is 10.2 Å². The van der Waals surface area contributed by atoms with Crippen LogP contribution < -0.4 is 16.1 Å². The molecule has 0 atom stereocenters. The zero-order valence-corrected chi connectivity index (χ0v) is 24.1. The summed E-state index contributed by atoms with van der Waals surface area (Å²) in [5, 5.41) is 14.4. The Morgan fingerprint density at radius 3 is 2.24 bits per heavy atom. The van der Waals surface area contributed by atoms with Crippen molar-refractivity contribution >= 4 is 62.8 Å². The number of anilines is 2. The minimum atomic E-state index is -1.01. The summed E-state index contributed by atoms with van der Waals surface area (Å²) in [5.74, 6) is -2.48. The van der Waals surface area contributed by atoms with E-state index >= 15 is 0 Å². The number of hydrogen-bond acceptors (Lipinski definition) is 5. The summed E-state index contributed by atoms with van der Waals surface area (Å²) in [4.78, 5) is 38.1. The van der Waals surface area contributed by atoms with Crippen LogP contribution in [0.2, 0.25) is 5.02 Å². The summed E-state index contributed by atoms with van der Waals surface area (Å²) in [6, 6.07) is 30.1. The highest BCUT2D eigenvalue weighted by atomic mass is 79.9. The SMILES string of the molecule is O=C(N/N=C\c1cn(-c2ccccc2)nc1-c1ccc(Br)cc1)C(=O)Nc1ccccc1C(=O)Nc1ccc(Cl)cc1. The lowest BCUT2D eigenvalue weighted by molar-refractivity contribution is -0.136. The molecular weight excluding hydrogens is 620 g/mol. The van der Waals surface area contributed by atoms with Crippen molar-refractivity contribution in [2.45, 2.75) is 0 Å². The van der Waals surface area contributed by atoms with Gasteiger partial charge in [-0.1, -0.05) is 70.0 Å². The number of para-hydroxylation sites is 2. The van der Waals surface area contributed by atoms with Crippen LogP contribution in [0.25, 0.3) is 16.9 Å². The van der Waals surface area contributed by atoms with E-state index in [0.717, 1.165) is 15.7 Å². The highest BCUT2D eigenvalue weighted by Crippen LogP contribution is 2.24. The number of hydrazone groups is 1. The van der Waals surface area contributed by atoms with Gasteiger partial charge in [-0.3, -0.25) is 14.4 Å². The Morgan fingerprint density at radius 2 is 1.50 bits per heavy atom. The van der Waals surface area contributed by atoms with Gasteiger partial charge in [0.1, 0.15) is 5.69 Å². The molecule has 0 aliphatic carbocycles. The van der Waals surface area contributed by atoms with E-state index in [0.29, 0.717) is 22.0 Å². The predicted octanol–water partition coefficient (Wildman–Crippen LogP) is 6.30. The van der Waals surface area contributed by atoms with Gasteiger partial charge in [0.05, 0.1) is 23.2 Å². The predicted molar refractivity (Wildman–Crippen MR) is 167 cm³/mol. The molecule has 0 saturated carbocycles. The first kappa shape index (κ1) is 28.5. The number of nitrogens with one attached hydrogen (secondary N) is 3. The average Bonchev–Trinajstić information content (AvgIpc) is 3.43. The Morgan fingerprint density at radius 1 is 0.810 bits per heavy atom. The lowest BCUT2D eigenvalue weighted by Crippen LogP contribution is -2.33. The van der Waals surface area contributed by atoms with E-state index in [1.807, 2.05) is 54.6 Å². The Hall–Kier alpha value is -5.06.